The average Bonchev–Trinajstić information content (AvgIpc) is 2.86. The number of carbonyl (C=O) groups is 1. The first-order chi connectivity index (χ1) is 16.1. The molecule has 6 heteroatoms. The predicted octanol–water partition coefficient (Wildman–Crippen LogP) is 5.62. The fraction of sp³-hybridized carbons (Fsp3) is 0.0741. The van der Waals surface area contributed by atoms with Crippen molar-refractivity contribution in [1.29, 1.82) is 0 Å². The van der Waals surface area contributed by atoms with Crippen LogP contribution in [0.15, 0.2) is 85.2 Å². The molecule has 0 aliphatic rings. The van der Waals surface area contributed by atoms with E-state index in [9.17, 15) is 4.79 Å². The fourth-order valence-electron chi connectivity index (χ4n) is 3.58. The summed E-state index contributed by atoms with van der Waals surface area (Å²) in [4.78, 5) is 31.5. The van der Waals surface area contributed by atoms with Gasteiger partial charge in [-0.25, -0.2) is 9.97 Å². The van der Waals surface area contributed by atoms with Crippen molar-refractivity contribution < 1.29 is 4.79 Å². The van der Waals surface area contributed by atoms with Crippen LogP contribution in [0.4, 0.5) is 5.69 Å². The summed E-state index contributed by atoms with van der Waals surface area (Å²) in [5, 5.41) is 2.97. The van der Waals surface area contributed by atoms with Gasteiger partial charge >= 0.3 is 0 Å². The Balaban J connectivity index is 1.58. The van der Waals surface area contributed by atoms with Gasteiger partial charge in [0.1, 0.15) is 11.4 Å². The van der Waals surface area contributed by atoms with Gasteiger partial charge in [-0.2, -0.15) is 0 Å². The number of nitrogens with zero attached hydrogens (tertiary/aromatic N) is 4. The number of aryl methyl sites for hydroxylation is 2. The molecule has 0 saturated heterocycles. The first-order valence-electron chi connectivity index (χ1n) is 10.6. The lowest BCUT2D eigenvalue weighted by molar-refractivity contribution is 0.102. The maximum Gasteiger partial charge on any atom is 0.255 e. The van der Waals surface area contributed by atoms with Crippen LogP contribution in [0, 0.1) is 13.8 Å². The second-order valence-corrected chi connectivity index (χ2v) is 7.81. The van der Waals surface area contributed by atoms with Crippen molar-refractivity contribution in [2.45, 2.75) is 13.8 Å². The first kappa shape index (κ1) is 20.5. The summed E-state index contributed by atoms with van der Waals surface area (Å²) in [5.74, 6) is -0.199. The van der Waals surface area contributed by atoms with Crippen LogP contribution >= 0.6 is 0 Å². The van der Waals surface area contributed by atoms with Gasteiger partial charge in [0.05, 0.1) is 22.4 Å². The molecule has 1 amide bonds. The quantitative estimate of drug-likeness (QED) is 0.399. The molecule has 0 fully saturated rings. The maximum atomic E-state index is 12.9. The number of benzene rings is 2. The van der Waals surface area contributed by atoms with Gasteiger partial charge in [-0.05, 0) is 79.6 Å². The topological polar surface area (TPSA) is 80.7 Å². The van der Waals surface area contributed by atoms with Crippen molar-refractivity contribution in [3.05, 3.63) is 102 Å². The average molecular weight is 431 g/mol. The van der Waals surface area contributed by atoms with Gasteiger partial charge in [0, 0.05) is 23.6 Å². The van der Waals surface area contributed by atoms with Crippen LogP contribution in [0.5, 0.6) is 0 Å². The van der Waals surface area contributed by atoms with E-state index < -0.39 is 0 Å². The lowest BCUT2D eigenvalue weighted by Gasteiger charge is -2.11. The van der Waals surface area contributed by atoms with E-state index >= 15 is 0 Å². The van der Waals surface area contributed by atoms with Crippen molar-refractivity contribution in [2.75, 3.05) is 5.32 Å². The maximum absolute atomic E-state index is 12.9. The zero-order chi connectivity index (χ0) is 22.8. The van der Waals surface area contributed by atoms with Gasteiger partial charge in [-0.1, -0.05) is 18.2 Å². The lowest BCUT2D eigenvalue weighted by Crippen LogP contribution is -2.12. The van der Waals surface area contributed by atoms with Gasteiger partial charge in [0.2, 0.25) is 0 Å². The Morgan fingerprint density at radius 3 is 1.97 bits per heavy atom. The summed E-state index contributed by atoms with van der Waals surface area (Å²) in [6.45, 7) is 4.07. The third-order valence-electron chi connectivity index (χ3n) is 5.51. The summed E-state index contributed by atoms with van der Waals surface area (Å²) >= 11 is 0. The third kappa shape index (κ3) is 4.19. The Morgan fingerprint density at radius 2 is 1.36 bits per heavy atom. The van der Waals surface area contributed by atoms with E-state index in [1.807, 2.05) is 74.5 Å². The van der Waals surface area contributed by atoms with E-state index in [1.165, 1.54) is 5.56 Å². The summed E-state index contributed by atoms with van der Waals surface area (Å²) < 4.78 is 0. The molecule has 0 aliphatic heterocycles. The minimum Gasteiger partial charge on any atom is -0.322 e. The van der Waals surface area contributed by atoms with E-state index in [1.54, 1.807) is 24.5 Å². The molecule has 0 aliphatic carbocycles. The zero-order valence-electron chi connectivity index (χ0n) is 18.3. The van der Waals surface area contributed by atoms with E-state index in [0.717, 1.165) is 11.3 Å². The molecule has 0 spiro atoms. The number of aromatic nitrogens is 4. The highest BCUT2D eigenvalue weighted by Gasteiger charge is 2.16. The molecule has 0 radical (unpaired) electrons. The van der Waals surface area contributed by atoms with E-state index in [-0.39, 0.29) is 5.91 Å². The number of rotatable bonds is 4. The highest BCUT2D eigenvalue weighted by molar-refractivity contribution is 6.06. The highest BCUT2D eigenvalue weighted by Crippen LogP contribution is 2.29. The van der Waals surface area contributed by atoms with Gasteiger partial charge in [-0.3, -0.25) is 14.8 Å². The largest absolute Gasteiger partial charge is 0.322 e. The smallest absolute Gasteiger partial charge is 0.255 e. The summed E-state index contributed by atoms with van der Waals surface area (Å²) in [5.41, 5.74) is 7.53. The number of pyridine rings is 2. The molecule has 0 unspecified atom stereocenters. The molecule has 3 aromatic heterocycles. The minimum absolute atomic E-state index is 0.199. The van der Waals surface area contributed by atoms with Crippen LogP contribution in [0.3, 0.4) is 0 Å². The number of fused-ring (bicyclic) bond motifs is 1. The molecule has 0 bridgehead atoms. The molecule has 2 aromatic carbocycles. The molecule has 3 heterocycles. The molecular weight excluding hydrogens is 410 g/mol. The number of hydrogen-bond acceptors (Lipinski definition) is 5. The lowest BCUT2D eigenvalue weighted by atomic mass is 10.1. The summed E-state index contributed by atoms with van der Waals surface area (Å²) in [7, 11) is 0. The minimum atomic E-state index is -0.199. The van der Waals surface area contributed by atoms with Crippen LogP contribution in [0.2, 0.25) is 0 Å². The number of nitrogens with one attached hydrogen (secondary N) is 1. The molecule has 0 saturated carbocycles. The Hall–Kier alpha value is -4.45. The Bertz CT molecular complexity index is 1470. The second-order valence-electron chi connectivity index (χ2n) is 7.81. The molecule has 33 heavy (non-hydrogen) atoms. The van der Waals surface area contributed by atoms with Gasteiger partial charge in [0.25, 0.3) is 5.91 Å². The van der Waals surface area contributed by atoms with Crippen LogP contribution in [-0.4, -0.2) is 25.8 Å². The molecule has 1 N–H and O–H groups in total. The van der Waals surface area contributed by atoms with Crippen LogP contribution in [0.25, 0.3) is 33.8 Å². The molecule has 0 atom stereocenters. The van der Waals surface area contributed by atoms with E-state index in [2.05, 4.69) is 15.3 Å². The first-order valence-corrected chi connectivity index (χ1v) is 10.6. The SMILES string of the molecule is Cc1ccc(NC(=O)c2ccc3nc(-c4ccccn4)c(-c4ccccn4)nc3c2)cc1C. The van der Waals surface area contributed by atoms with Crippen molar-refractivity contribution in [3.63, 3.8) is 0 Å². The van der Waals surface area contributed by atoms with Gasteiger partial charge in [0.15, 0.2) is 0 Å². The van der Waals surface area contributed by atoms with E-state index in [0.29, 0.717) is 39.4 Å². The number of carbonyl (C=O) groups excluding carboxylic acids is 1. The Morgan fingerprint density at radius 1 is 0.697 bits per heavy atom. The van der Waals surface area contributed by atoms with Crippen LogP contribution in [0.1, 0.15) is 21.5 Å². The third-order valence-corrected chi connectivity index (χ3v) is 5.51. The molecular formula is C27H21N5O. The van der Waals surface area contributed by atoms with Gasteiger partial charge in [-0.15, -0.1) is 0 Å². The zero-order valence-corrected chi connectivity index (χ0v) is 18.3. The Labute approximate surface area is 191 Å². The normalized spacial score (nSPS) is 10.8. The molecule has 5 aromatic rings. The molecule has 160 valence electrons. The van der Waals surface area contributed by atoms with Crippen molar-refractivity contribution in [1.82, 2.24) is 19.9 Å². The molecule has 6 nitrogen and oxygen atoms in total. The van der Waals surface area contributed by atoms with Crippen molar-refractivity contribution in [3.8, 4) is 22.8 Å². The van der Waals surface area contributed by atoms with Crippen molar-refractivity contribution in [2.24, 2.45) is 0 Å². The highest BCUT2D eigenvalue weighted by atomic mass is 16.1. The van der Waals surface area contributed by atoms with E-state index in [4.69, 9.17) is 9.97 Å². The van der Waals surface area contributed by atoms with Crippen molar-refractivity contribution >= 4 is 22.6 Å². The second kappa shape index (κ2) is 8.59. The molecule has 5 rings (SSSR count). The standard InChI is InChI=1S/C27H21N5O/c1-17-9-11-20(15-18(17)2)30-27(33)19-10-12-21-24(16-19)32-26(23-8-4-6-14-29-23)25(31-21)22-7-3-5-13-28-22/h3-16H,1-2H3,(H,30,33). The van der Waals surface area contributed by atoms with Gasteiger partial charge < -0.3 is 5.32 Å². The fourth-order valence-corrected chi connectivity index (χ4v) is 3.58. The van der Waals surface area contributed by atoms with Crippen LogP contribution < -0.4 is 5.32 Å². The summed E-state index contributed by atoms with van der Waals surface area (Å²) in [6, 6.07) is 22.5. The van der Waals surface area contributed by atoms with Crippen LogP contribution in [-0.2, 0) is 0 Å². The summed E-state index contributed by atoms with van der Waals surface area (Å²) in [6.07, 6.45) is 3.44. The number of amides is 1. The number of hydrogen-bond donors (Lipinski definition) is 1. The number of anilines is 1. The monoisotopic (exact) mass is 431 g/mol. The Kier molecular flexibility index (Phi) is 5.32. The predicted molar refractivity (Wildman–Crippen MR) is 130 cm³/mol.